The van der Waals surface area contributed by atoms with Crippen LogP contribution in [0, 0.1) is 0 Å². The van der Waals surface area contributed by atoms with Gasteiger partial charge in [-0.05, 0) is 59.5 Å². The molecule has 0 aromatic carbocycles. The molecule has 2 aliphatic rings. The second-order valence-corrected chi connectivity index (χ2v) is 7.42. The number of guanidine groups is 1. The second kappa shape index (κ2) is 12.1. The van der Waals surface area contributed by atoms with Gasteiger partial charge in [-0.25, -0.2) is 0 Å². The molecule has 0 aromatic rings. The van der Waals surface area contributed by atoms with Crippen molar-refractivity contribution in [1.29, 1.82) is 0 Å². The molecule has 1 saturated heterocycles. The summed E-state index contributed by atoms with van der Waals surface area (Å²) in [5.41, 5.74) is 1.63. The van der Waals surface area contributed by atoms with E-state index in [9.17, 15) is 0 Å². The summed E-state index contributed by atoms with van der Waals surface area (Å²) in [5.74, 6) is 0.940. The Labute approximate surface area is 171 Å². The van der Waals surface area contributed by atoms with Crippen LogP contribution >= 0.6 is 24.0 Å². The highest BCUT2D eigenvalue weighted by Gasteiger charge is 2.27. The first-order valence-corrected chi connectivity index (χ1v) is 9.65. The Morgan fingerprint density at radius 3 is 2.64 bits per heavy atom. The van der Waals surface area contributed by atoms with Gasteiger partial charge in [0.2, 0.25) is 0 Å². The van der Waals surface area contributed by atoms with Gasteiger partial charge in [-0.2, -0.15) is 0 Å². The van der Waals surface area contributed by atoms with Gasteiger partial charge in [0.1, 0.15) is 0 Å². The van der Waals surface area contributed by atoms with Gasteiger partial charge in [0.05, 0.1) is 19.8 Å². The number of rotatable bonds is 7. The van der Waals surface area contributed by atoms with E-state index in [0.29, 0.717) is 0 Å². The number of nitrogens with one attached hydrogen (secondary N) is 2. The number of nitrogens with zero attached hydrogens (tertiary/aromatic N) is 2. The molecular formula is C19H37IN4O. The largest absolute Gasteiger partial charge is 0.377 e. The second-order valence-electron chi connectivity index (χ2n) is 7.42. The maximum Gasteiger partial charge on any atom is 0.191 e. The van der Waals surface area contributed by atoms with Crippen molar-refractivity contribution in [2.75, 3.05) is 45.9 Å². The van der Waals surface area contributed by atoms with Gasteiger partial charge < -0.3 is 15.4 Å². The van der Waals surface area contributed by atoms with E-state index in [-0.39, 0.29) is 29.5 Å². The van der Waals surface area contributed by atoms with Crippen molar-refractivity contribution >= 4 is 29.9 Å². The lowest BCUT2D eigenvalue weighted by Crippen LogP contribution is -2.49. The zero-order chi connectivity index (χ0) is 17.3. The molecule has 146 valence electrons. The number of halogens is 1. The number of ether oxygens (including phenoxy) is 1. The van der Waals surface area contributed by atoms with Crippen LogP contribution in [0.3, 0.4) is 0 Å². The van der Waals surface area contributed by atoms with Crippen molar-refractivity contribution < 1.29 is 4.74 Å². The predicted molar refractivity (Wildman–Crippen MR) is 117 cm³/mol. The summed E-state index contributed by atoms with van der Waals surface area (Å²) in [4.78, 5) is 7.45. The molecule has 0 radical (unpaired) electrons. The summed E-state index contributed by atoms with van der Waals surface area (Å²) >= 11 is 0. The molecule has 25 heavy (non-hydrogen) atoms. The molecule has 1 fully saturated rings. The summed E-state index contributed by atoms with van der Waals surface area (Å²) in [6, 6.07) is 0. The quantitative estimate of drug-likeness (QED) is 0.263. The first kappa shape index (κ1) is 22.7. The van der Waals surface area contributed by atoms with Crippen molar-refractivity contribution in [3.63, 3.8) is 0 Å². The minimum atomic E-state index is 0. The van der Waals surface area contributed by atoms with Crippen molar-refractivity contribution in [3.05, 3.63) is 11.6 Å². The lowest BCUT2D eigenvalue weighted by Gasteiger charge is -2.40. The minimum Gasteiger partial charge on any atom is -0.377 e. The molecule has 0 amide bonds. The molecule has 2 rings (SSSR count). The van der Waals surface area contributed by atoms with Gasteiger partial charge in [-0.15, -0.1) is 24.0 Å². The summed E-state index contributed by atoms with van der Waals surface area (Å²) in [6.45, 7) is 13.5. The van der Waals surface area contributed by atoms with E-state index < -0.39 is 0 Å². The highest BCUT2D eigenvalue weighted by molar-refractivity contribution is 14.0. The fourth-order valence-electron chi connectivity index (χ4n) is 3.35. The van der Waals surface area contributed by atoms with Crippen LogP contribution in [-0.4, -0.2) is 62.3 Å². The van der Waals surface area contributed by atoms with E-state index in [1.165, 1.54) is 37.9 Å². The molecule has 5 nitrogen and oxygen atoms in total. The lowest BCUT2D eigenvalue weighted by atomic mass is 9.99. The van der Waals surface area contributed by atoms with Gasteiger partial charge in [-0.3, -0.25) is 9.89 Å². The Morgan fingerprint density at radius 1 is 1.24 bits per heavy atom. The van der Waals surface area contributed by atoms with Crippen LogP contribution in [0.25, 0.3) is 0 Å². The average molecular weight is 464 g/mol. The molecule has 0 aliphatic carbocycles. The van der Waals surface area contributed by atoms with Crippen molar-refractivity contribution in [2.24, 2.45) is 4.99 Å². The zero-order valence-electron chi connectivity index (χ0n) is 16.3. The average Bonchev–Trinajstić information content (AvgIpc) is 2.61. The Morgan fingerprint density at radius 2 is 2.00 bits per heavy atom. The lowest BCUT2D eigenvalue weighted by molar-refractivity contribution is 0.102. The van der Waals surface area contributed by atoms with E-state index in [2.05, 4.69) is 42.4 Å². The molecule has 2 N–H and O–H groups in total. The maximum atomic E-state index is 5.36. The third-order valence-corrected chi connectivity index (χ3v) is 4.98. The molecule has 0 spiro atoms. The van der Waals surface area contributed by atoms with E-state index >= 15 is 0 Å². The minimum absolute atomic E-state index is 0. The van der Waals surface area contributed by atoms with Crippen LogP contribution in [0.15, 0.2) is 16.6 Å². The Balaban J connectivity index is 0.00000312. The molecule has 6 heteroatoms. The Hall–Kier alpha value is -0.340. The first-order valence-electron chi connectivity index (χ1n) is 9.65. The number of piperidine rings is 1. The highest BCUT2D eigenvalue weighted by atomic mass is 127. The fraction of sp³-hybridized carbons (Fsp3) is 0.842. The standard InChI is InChI=1S/C19H36N4O.HI/c1-4-20-18(21-11-8-17-9-14-24-15-10-17)22-16-19(2,3)23-12-6-5-7-13-23;/h9H,4-8,10-16H2,1-3H3,(H2,20,21,22);1H. The smallest absolute Gasteiger partial charge is 0.191 e. The van der Waals surface area contributed by atoms with Crippen molar-refractivity contribution in [2.45, 2.75) is 58.4 Å². The van der Waals surface area contributed by atoms with Crippen molar-refractivity contribution in [3.8, 4) is 0 Å². The topological polar surface area (TPSA) is 48.9 Å². The first-order chi connectivity index (χ1) is 11.6. The molecule has 0 saturated carbocycles. The highest BCUT2D eigenvalue weighted by Crippen LogP contribution is 2.20. The maximum absolute atomic E-state index is 5.36. The molecule has 0 bridgehead atoms. The number of likely N-dealkylation sites (tertiary alicyclic amines) is 1. The molecule has 0 atom stereocenters. The number of aliphatic imine (C=N–C) groups is 1. The van der Waals surface area contributed by atoms with Crippen LogP contribution < -0.4 is 10.6 Å². The Bertz CT molecular complexity index is 431. The normalized spacial score (nSPS) is 19.8. The van der Waals surface area contributed by atoms with Gasteiger partial charge in [0.25, 0.3) is 0 Å². The monoisotopic (exact) mass is 464 g/mol. The molecular weight excluding hydrogens is 427 g/mol. The summed E-state index contributed by atoms with van der Waals surface area (Å²) < 4.78 is 5.36. The van der Waals surface area contributed by atoms with Crippen LogP contribution in [0.5, 0.6) is 0 Å². The zero-order valence-corrected chi connectivity index (χ0v) is 18.6. The SMILES string of the molecule is CCNC(=NCC(C)(C)N1CCCCC1)NCCC1=CCOCC1.I. The molecule has 0 unspecified atom stereocenters. The molecule has 0 aromatic heterocycles. The van der Waals surface area contributed by atoms with Gasteiger partial charge in [-0.1, -0.05) is 18.1 Å². The fourth-order valence-corrected chi connectivity index (χ4v) is 3.35. The van der Waals surface area contributed by atoms with Crippen LogP contribution in [0.4, 0.5) is 0 Å². The molecule has 2 aliphatic heterocycles. The van der Waals surface area contributed by atoms with E-state index in [0.717, 1.165) is 51.6 Å². The van der Waals surface area contributed by atoms with Crippen LogP contribution in [0.2, 0.25) is 0 Å². The number of hydrogen-bond donors (Lipinski definition) is 2. The van der Waals surface area contributed by atoms with Crippen molar-refractivity contribution in [1.82, 2.24) is 15.5 Å². The van der Waals surface area contributed by atoms with Crippen LogP contribution in [0.1, 0.15) is 52.9 Å². The summed E-state index contributed by atoms with van der Waals surface area (Å²) in [6.07, 6.45) is 8.38. The molecule has 2 heterocycles. The third kappa shape index (κ3) is 8.26. The Kier molecular flexibility index (Phi) is 11.0. The predicted octanol–water partition coefficient (Wildman–Crippen LogP) is 3.16. The summed E-state index contributed by atoms with van der Waals surface area (Å²) in [7, 11) is 0. The van der Waals surface area contributed by atoms with E-state index in [1.807, 2.05) is 0 Å². The van der Waals surface area contributed by atoms with E-state index in [4.69, 9.17) is 9.73 Å². The van der Waals surface area contributed by atoms with Gasteiger partial charge >= 0.3 is 0 Å². The number of hydrogen-bond acceptors (Lipinski definition) is 3. The van der Waals surface area contributed by atoms with Gasteiger partial charge in [0.15, 0.2) is 5.96 Å². The summed E-state index contributed by atoms with van der Waals surface area (Å²) in [5, 5.41) is 6.85. The van der Waals surface area contributed by atoms with E-state index in [1.54, 1.807) is 0 Å². The van der Waals surface area contributed by atoms with Gasteiger partial charge in [0, 0.05) is 18.6 Å². The third-order valence-electron chi connectivity index (χ3n) is 4.98. The van der Waals surface area contributed by atoms with Crippen LogP contribution in [-0.2, 0) is 4.74 Å².